The van der Waals surface area contributed by atoms with Gasteiger partial charge in [-0.25, -0.2) is 4.39 Å². The molecule has 0 spiro atoms. The predicted molar refractivity (Wildman–Crippen MR) is 118 cm³/mol. The van der Waals surface area contributed by atoms with E-state index in [2.05, 4.69) is 13.5 Å². The topological polar surface area (TPSA) is 29.5 Å². The molecule has 0 unspecified atom stereocenters. The van der Waals surface area contributed by atoms with Gasteiger partial charge < -0.3 is 9.64 Å². The van der Waals surface area contributed by atoms with Gasteiger partial charge in [-0.3, -0.25) is 4.79 Å². The first-order valence-corrected chi connectivity index (χ1v) is 11.5. The summed E-state index contributed by atoms with van der Waals surface area (Å²) in [5.41, 5.74) is 0.419. The minimum Gasteiger partial charge on any atom is -0.432 e. The fourth-order valence-corrected chi connectivity index (χ4v) is 4.28. The highest BCUT2D eigenvalue weighted by molar-refractivity contribution is 5.86. The first-order chi connectivity index (χ1) is 14.8. The maximum Gasteiger partial charge on any atom is 0.400 e. The third kappa shape index (κ3) is 7.89. The SMILES string of the molecule is C=CC(=O)N(C)CCCc1ccc(OC(F)(F)C2CCC(CCCCC)CC2)cc1F. The van der Waals surface area contributed by atoms with Crippen LogP contribution in [0.3, 0.4) is 0 Å². The first-order valence-electron chi connectivity index (χ1n) is 11.5. The van der Waals surface area contributed by atoms with Gasteiger partial charge in [-0.2, -0.15) is 8.78 Å². The summed E-state index contributed by atoms with van der Waals surface area (Å²) in [7, 11) is 1.65. The van der Waals surface area contributed by atoms with Gasteiger partial charge in [-0.1, -0.05) is 45.3 Å². The van der Waals surface area contributed by atoms with Gasteiger partial charge in [0.05, 0.1) is 5.92 Å². The van der Waals surface area contributed by atoms with Crippen LogP contribution in [0.4, 0.5) is 13.2 Å². The zero-order valence-corrected chi connectivity index (χ0v) is 18.8. The van der Waals surface area contributed by atoms with Crippen LogP contribution in [0, 0.1) is 17.7 Å². The number of amides is 1. The number of benzene rings is 1. The summed E-state index contributed by atoms with van der Waals surface area (Å²) >= 11 is 0. The number of likely N-dealkylation sites (N-methyl/N-ethyl adjacent to an activating group) is 1. The maximum atomic E-state index is 14.7. The number of unbranched alkanes of at least 4 members (excludes halogenated alkanes) is 2. The summed E-state index contributed by atoms with van der Waals surface area (Å²) in [6, 6.07) is 3.93. The number of aryl methyl sites for hydroxylation is 1. The van der Waals surface area contributed by atoms with Crippen molar-refractivity contribution in [3.05, 3.63) is 42.2 Å². The fourth-order valence-electron chi connectivity index (χ4n) is 4.28. The van der Waals surface area contributed by atoms with Crippen LogP contribution >= 0.6 is 0 Å². The van der Waals surface area contributed by atoms with Crippen molar-refractivity contribution < 1.29 is 22.7 Å². The Morgan fingerprint density at radius 1 is 1.23 bits per heavy atom. The lowest BCUT2D eigenvalue weighted by Gasteiger charge is -2.33. The number of rotatable bonds is 12. The van der Waals surface area contributed by atoms with Crippen molar-refractivity contribution in [2.45, 2.75) is 77.2 Å². The van der Waals surface area contributed by atoms with Crippen molar-refractivity contribution in [3.8, 4) is 5.75 Å². The van der Waals surface area contributed by atoms with Gasteiger partial charge in [-0.05, 0) is 62.1 Å². The largest absolute Gasteiger partial charge is 0.432 e. The van der Waals surface area contributed by atoms with E-state index in [1.54, 1.807) is 7.05 Å². The van der Waals surface area contributed by atoms with Crippen LogP contribution in [0.25, 0.3) is 0 Å². The third-order valence-electron chi connectivity index (χ3n) is 6.31. The Bertz CT molecular complexity index is 715. The highest BCUT2D eigenvalue weighted by Crippen LogP contribution is 2.41. The predicted octanol–water partition coefficient (Wildman–Crippen LogP) is 6.76. The van der Waals surface area contributed by atoms with E-state index >= 15 is 0 Å². The number of carbonyl (C=O) groups excluding carboxylic acids is 1. The van der Waals surface area contributed by atoms with Crippen LogP contribution in [0.2, 0.25) is 0 Å². The molecule has 0 saturated heterocycles. The molecule has 0 bridgehead atoms. The number of ether oxygens (including phenoxy) is 1. The minimum atomic E-state index is -3.30. The van der Waals surface area contributed by atoms with Crippen molar-refractivity contribution in [2.24, 2.45) is 11.8 Å². The molecule has 0 atom stereocenters. The summed E-state index contributed by atoms with van der Waals surface area (Å²) in [5.74, 6) is -1.19. The van der Waals surface area contributed by atoms with E-state index in [-0.39, 0.29) is 11.7 Å². The summed E-state index contributed by atoms with van der Waals surface area (Å²) in [5, 5.41) is 0. The molecule has 31 heavy (non-hydrogen) atoms. The van der Waals surface area contributed by atoms with Gasteiger partial charge in [0.2, 0.25) is 5.91 Å². The number of alkyl halides is 2. The van der Waals surface area contributed by atoms with Crippen molar-refractivity contribution in [3.63, 3.8) is 0 Å². The number of hydrogen-bond acceptors (Lipinski definition) is 2. The molecule has 0 radical (unpaired) electrons. The highest BCUT2D eigenvalue weighted by atomic mass is 19.3. The van der Waals surface area contributed by atoms with E-state index in [0.29, 0.717) is 43.7 Å². The molecule has 3 nitrogen and oxygen atoms in total. The van der Waals surface area contributed by atoms with Crippen LogP contribution in [0.1, 0.15) is 70.3 Å². The zero-order chi connectivity index (χ0) is 22.9. The Labute approximate surface area is 184 Å². The smallest absolute Gasteiger partial charge is 0.400 e. The lowest BCUT2D eigenvalue weighted by atomic mass is 9.79. The Hall–Kier alpha value is -1.98. The molecule has 0 N–H and O–H groups in total. The second-order valence-electron chi connectivity index (χ2n) is 8.70. The number of carbonyl (C=O) groups is 1. The molecule has 1 saturated carbocycles. The van der Waals surface area contributed by atoms with Crippen LogP contribution in [-0.4, -0.2) is 30.5 Å². The normalized spacial score (nSPS) is 19.1. The molecular weight excluding hydrogens is 403 g/mol. The molecule has 0 aromatic heterocycles. The molecule has 174 valence electrons. The zero-order valence-electron chi connectivity index (χ0n) is 18.8. The maximum absolute atomic E-state index is 14.7. The van der Waals surface area contributed by atoms with Gasteiger partial charge in [-0.15, -0.1) is 0 Å². The Morgan fingerprint density at radius 2 is 1.94 bits per heavy atom. The van der Waals surface area contributed by atoms with E-state index in [1.807, 2.05) is 0 Å². The average Bonchev–Trinajstić information content (AvgIpc) is 2.75. The lowest BCUT2D eigenvalue weighted by Crippen LogP contribution is -2.37. The van der Waals surface area contributed by atoms with E-state index in [9.17, 15) is 18.0 Å². The number of halogens is 3. The van der Waals surface area contributed by atoms with Gasteiger partial charge in [0.1, 0.15) is 11.6 Å². The summed E-state index contributed by atoms with van der Waals surface area (Å²) in [4.78, 5) is 13.0. The summed E-state index contributed by atoms with van der Waals surface area (Å²) in [6.45, 7) is 6.05. The molecule has 1 fully saturated rings. The van der Waals surface area contributed by atoms with Crippen LogP contribution in [-0.2, 0) is 11.2 Å². The molecule has 0 heterocycles. The van der Waals surface area contributed by atoms with Gasteiger partial charge in [0, 0.05) is 19.7 Å². The second kappa shape index (κ2) is 12.2. The van der Waals surface area contributed by atoms with E-state index in [1.165, 1.54) is 42.4 Å². The first kappa shape index (κ1) is 25.3. The fraction of sp³-hybridized carbons (Fsp3) is 0.640. The van der Waals surface area contributed by atoms with Crippen LogP contribution in [0.5, 0.6) is 5.75 Å². The number of hydrogen-bond donors (Lipinski definition) is 0. The standard InChI is InChI=1S/C25H36F3NO2/c1-4-6-7-9-19-11-14-21(15-12-19)25(27,28)31-22-16-13-20(23(26)18-22)10-8-17-29(3)24(30)5-2/h5,13,16,18-19,21H,2,4,6-12,14-15,17H2,1,3H3. The highest BCUT2D eigenvalue weighted by Gasteiger charge is 2.43. The second-order valence-corrected chi connectivity index (χ2v) is 8.70. The molecule has 1 amide bonds. The van der Waals surface area contributed by atoms with Gasteiger partial charge in [0.25, 0.3) is 0 Å². The van der Waals surface area contributed by atoms with Crippen molar-refractivity contribution in [1.82, 2.24) is 4.90 Å². The summed E-state index contributed by atoms with van der Waals surface area (Å²) in [6.07, 6.45) is 6.07. The quantitative estimate of drug-likeness (QED) is 0.266. The van der Waals surface area contributed by atoms with E-state index in [4.69, 9.17) is 4.74 Å². The van der Waals surface area contributed by atoms with Crippen molar-refractivity contribution >= 4 is 5.91 Å². The minimum absolute atomic E-state index is 0.143. The van der Waals surface area contributed by atoms with Crippen LogP contribution in [0.15, 0.2) is 30.9 Å². The molecule has 1 aromatic rings. The van der Waals surface area contributed by atoms with Crippen molar-refractivity contribution in [2.75, 3.05) is 13.6 Å². The Morgan fingerprint density at radius 3 is 2.55 bits per heavy atom. The van der Waals surface area contributed by atoms with Gasteiger partial charge in [0.15, 0.2) is 0 Å². The average molecular weight is 440 g/mol. The lowest BCUT2D eigenvalue weighted by molar-refractivity contribution is -0.223. The molecular formula is C25H36F3NO2. The molecule has 1 aliphatic rings. The van der Waals surface area contributed by atoms with Crippen molar-refractivity contribution in [1.29, 1.82) is 0 Å². The molecule has 0 aliphatic heterocycles. The monoisotopic (exact) mass is 439 g/mol. The number of nitrogens with zero attached hydrogens (tertiary/aromatic N) is 1. The van der Waals surface area contributed by atoms with Gasteiger partial charge >= 0.3 is 6.11 Å². The van der Waals surface area contributed by atoms with E-state index in [0.717, 1.165) is 25.3 Å². The molecule has 6 heteroatoms. The van der Waals surface area contributed by atoms with Crippen LogP contribution < -0.4 is 4.74 Å². The van der Waals surface area contributed by atoms with E-state index < -0.39 is 17.8 Å². The Balaban J connectivity index is 1.84. The third-order valence-corrected chi connectivity index (χ3v) is 6.31. The molecule has 1 aromatic carbocycles. The molecule has 2 rings (SSSR count). The molecule has 1 aliphatic carbocycles. The summed E-state index contributed by atoms with van der Waals surface area (Å²) < 4.78 is 48.7. The Kier molecular flexibility index (Phi) is 9.92.